The Bertz CT molecular complexity index is 325. The van der Waals surface area contributed by atoms with Crippen molar-refractivity contribution in [1.29, 1.82) is 0 Å². The molecule has 1 aromatic heterocycles. The van der Waals surface area contributed by atoms with Crippen LogP contribution in [-0.2, 0) is 0 Å². The van der Waals surface area contributed by atoms with Crippen LogP contribution in [-0.4, -0.2) is 35.2 Å². The maximum Gasteiger partial charge on any atom is 0.0610 e. The van der Waals surface area contributed by atoms with E-state index >= 15 is 0 Å². The molecule has 0 spiro atoms. The number of aromatic amines is 1. The van der Waals surface area contributed by atoms with E-state index in [4.69, 9.17) is 0 Å². The molecule has 0 aliphatic heterocycles. The second-order valence-electron chi connectivity index (χ2n) is 3.84. The highest BCUT2D eigenvalue weighted by Crippen LogP contribution is 2.29. The van der Waals surface area contributed by atoms with Crippen LogP contribution in [0.25, 0.3) is 6.08 Å². The van der Waals surface area contributed by atoms with Crippen LogP contribution in [0.1, 0.15) is 24.1 Å². The molecule has 0 fully saturated rings. The summed E-state index contributed by atoms with van der Waals surface area (Å²) >= 11 is 0. The zero-order valence-electron chi connectivity index (χ0n) is 8.28. The lowest BCUT2D eigenvalue weighted by molar-refractivity contribution is 0.308. The number of fused-ring (bicyclic) bond motifs is 1. The lowest BCUT2D eigenvalue weighted by atomic mass is 9.88. The van der Waals surface area contributed by atoms with Crippen LogP contribution in [0.15, 0.2) is 12.3 Å². The van der Waals surface area contributed by atoms with Gasteiger partial charge in [0.25, 0.3) is 0 Å². The van der Waals surface area contributed by atoms with E-state index in [1.165, 1.54) is 5.56 Å². The van der Waals surface area contributed by atoms with Crippen LogP contribution in [0.4, 0.5) is 0 Å². The normalized spacial score (nSPS) is 26.5. The molecule has 70 valence electrons. The first-order valence-corrected chi connectivity index (χ1v) is 4.58. The monoisotopic (exact) mass is 177 g/mol. The topological polar surface area (TPSA) is 31.9 Å². The minimum absolute atomic E-state index is 0.491. The maximum atomic E-state index is 4.05. The molecule has 0 aromatic carbocycles. The molecule has 1 aromatic rings. The molecular weight excluding hydrogens is 162 g/mol. The average molecular weight is 177 g/mol. The van der Waals surface area contributed by atoms with Gasteiger partial charge in [-0.15, -0.1) is 0 Å². The summed E-state index contributed by atoms with van der Waals surface area (Å²) in [5, 5.41) is 7.05. The first-order chi connectivity index (χ1) is 6.20. The third-order valence-corrected chi connectivity index (χ3v) is 2.76. The summed E-state index contributed by atoms with van der Waals surface area (Å²) < 4.78 is 0. The second-order valence-corrected chi connectivity index (χ2v) is 3.84. The molecule has 1 aliphatic rings. The quantitative estimate of drug-likeness (QED) is 0.704. The zero-order chi connectivity index (χ0) is 9.42. The summed E-state index contributed by atoms with van der Waals surface area (Å²) in [6.45, 7) is 2.24. The van der Waals surface area contributed by atoms with Gasteiger partial charge in [-0.1, -0.05) is 13.0 Å². The largest absolute Gasteiger partial charge is 0.302 e. The van der Waals surface area contributed by atoms with Crippen molar-refractivity contribution in [2.75, 3.05) is 14.1 Å². The highest BCUT2D eigenvalue weighted by molar-refractivity contribution is 5.54. The van der Waals surface area contributed by atoms with Gasteiger partial charge in [-0.2, -0.15) is 5.10 Å². The molecule has 3 heteroatoms. The second kappa shape index (κ2) is 3.00. The molecule has 13 heavy (non-hydrogen) atoms. The number of likely N-dealkylation sites (N-methyl/N-ethyl adjacent to an activating group) is 1. The number of hydrogen-bond acceptors (Lipinski definition) is 2. The Morgan fingerprint density at radius 2 is 2.23 bits per heavy atom. The van der Waals surface area contributed by atoms with Crippen LogP contribution in [0.5, 0.6) is 0 Å². The molecule has 1 N–H and O–H groups in total. The van der Waals surface area contributed by atoms with E-state index in [9.17, 15) is 0 Å². The molecule has 3 nitrogen and oxygen atoms in total. The van der Waals surface area contributed by atoms with Gasteiger partial charge in [0.2, 0.25) is 0 Å². The van der Waals surface area contributed by atoms with Crippen molar-refractivity contribution >= 4 is 6.08 Å². The van der Waals surface area contributed by atoms with Crippen LogP contribution in [0.2, 0.25) is 0 Å². The van der Waals surface area contributed by atoms with Crippen LogP contribution < -0.4 is 0 Å². The van der Waals surface area contributed by atoms with Gasteiger partial charge in [0.1, 0.15) is 0 Å². The summed E-state index contributed by atoms with van der Waals surface area (Å²) in [5.74, 6) is 0.522. The number of nitrogens with one attached hydrogen (secondary N) is 1. The smallest absolute Gasteiger partial charge is 0.0610 e. The van der Waals surface area contributed by atoms with Crippen molar-refractivity contribution in [2.24, 2.45) is 0 Å². The number of aromatic nitrogens is 2. The number of rotatable bonds is 1. The van der Waals surface area contributed by atoms with E-state index in [-0.39, 0.29) is 0 Å². The summed E-state index contributed by atoms with van der Waals surface area (Å²) in [4.78, 5) is 2.23. The molecule has 0 amide bonds. The molecular formula is C10H15N3. The molecule has 1 aliphatic carbocycles. The fourth-order valence-corrected chi connectivity index (χ4v) is 1.97. The SMILES string of the molecule is CC1c2cn[nH]c2C=CC1N(C)C. The molecule has 0 saturated carbocycles. The number of nitrogens with zero attached hydrogens (tertiary/aromatic N) is 2. The van der Waals surface area contributed by atoms with Crippen LogP contribution in [0.3, 0.4) is 0 Å². The third kappa shape index (κ3) is 1.29. The van der Waals surface area contributed by atoms with E-state index in [1.807, 2.05) is 6.20 Å². The van der Waals surface area contributed by atoms with Crippen molar-refractivity contribution in [1.82, 2.24) is 15.1 Å². The van der Waals surface area contributed by atoms with Crippen molar-refractivity contribution in [3.63, 3.8) is 0 Å². The Kier molecular flexibility index (Phi) is 1.96. The highest BCUT2D eigenvalue weighted by atomic mass is 15.1. The third-order valence-electron chi connectivity index (χ3n) is 2.76. The van der Waals surface area contributed by atoms with Crippen molar-refractivity contribution < 1.29 is 0 Å². The number of hydrogen-bond donors (Lipinski definition) is 1. The Balaban J connectivity index is 2.35. The average Bonchev–Trinajstić information content (AvgIpc) is 2.52. The van der Waals surface area contributed by atoms with Gasteiger partial charge in [-0.3, -0.25) is 5.10 Å². The predicted octanol–water partition coefficient (Wildman–Crippen LogP) is 1.47. The van der Waals surface area contributed by atoms with E-state index in [2.05, 4.69) is 48.3 Å². The molecule has 2 unspecified atom stereocenters. The molecule has 2 atom stereocenters. The van der Waals surface area contributed by atoms with Crippen molar-refractivity contribution in [3.05, 3.63) is 23.5 Å². The first-order valence-electron chi connectivity index (χ1n) is 4.58. The first kappa shape index (κ1) is 8.51. The van der Waals surface area contributed by atoms with E-state index in [1.54, 1.807) is 0 Å². The fraction of sp³-hybridized carbons (Fsp3) is 0.500. The van der Waals surface area contributed by atoms with E-state index in [0.29, 0.717) is 12.0 Å². The Labute approximate surface area is 78.4 Å². The summed E-state index contributed by atoms with van der Waals surface area (Å²) in [7, 11) is 4.22. The lowest BCUT2D eigenvalue weighted by Gasteiger charge is -2.29. The van der Waals surface area contributed by atoms with Crippen LogP contribution in [0, 0.1) is 0 Å². The summed E-state index contributed by atoms with van der Waals surface area (Å²) in [6.07, 6.45) is 6.28. The van der Waals surface area contributed by atoms with E-state index in [0.717, 1.165) is 5.69 Å². The van der Waals surface area contributed by atoms with E-state index < -0.39 is 0 Å². The molecule has 0 saturated heterocycles. The Hall–Kier alpha value is -1.09. The fourth-order valence-electron chi connectivity index (χ4n) is 1.97. The van der Waals surface area contributed by atoms with Gasteiger partial charge in [0.05, 0.1) is 11.9 Å². The van der Waals surface area contributed by atoms with Crippen LogP contribution >= 0.6 is 0 Å². The van der Waals surface area contributed by atoms with Gasteiger partial charge in [-0.05, 0) is 20.2 Å². The van der Waals surface area contributed by atoms with Gasteiger partial charge in [-0.25, -0.2) is 0 Å². The lowest BCUT2D eigenvalue weighted by Crippen LogP contribution is -2.32. The molecule has 2 rings (SSSR count). The van der Waals surface area contributed by atoms with Gasteiger partial charge in [0.15, 0.2) is 0 Å². The Morgan fingerprint density at radius 1 is 1.46 bits per heavy atom. The van der Waals surface area contributed by atoms with Gasteiger partial charge < -0.3 is 4.90 Å². The molecule has 1 heterocycles. The Morgan fingerprint density at radius 3 is 2.92 bits per heavy atom. The van der Waals surface area contributed by atoms with Crippen molar-refractivity contribution in [2.45, 2.75) is 18.9 Å². The minimum atomic E-state index is 0.491. The zero-order valence-corrected chi connectivity index (χ0v) is 8.28. The predicted molar refractivity (Wildman–Crippen MR) is 53.5 cm³/mol. The number of H-pyrrole nitrogens is 1. The highest BCUT2D eigenvalue weighted by Gasteiger charge is 2.24. The van der Waals surface area contributed by atoms with Gasteiger partial charge >= 0.3 is 0 Å². The molecule has 0 radical (unpaired) electrons. The standard InChI is InChI=1S/C10H15N3/c1-7-8-6-11-12-9(8)4-5-10(7)13(2)3/h4-7,10H,1-3H3,(H,11,12). The maximum absolute atomic E-state index is 4.05. The minimum Gasteiger partial charge on any atom is -0.302 e. The molecule has 0 bridgehead atoms. The van der Waals surface area contributed by atoms with Gasteiger partial charge in [0, 0.05) is 17.5 Å². The summed E-state index contributed by atoms with van der Waals surface area (Å²) in [5.41, 5.74) is 2.48. The van der Waals surface area contributed by atoms with Crippen molar-refractivity contribution in [3.8, 4) is 0 Å². The summed E-state index contributed by atoms with van der Waals surface area (Å²) in [6, 6.07) is 0.491.